The van der Waals surface area contributed by atoms with Crippen molar-refractivity contribution in [3.63, 3.8) is 0 Å². The van der Waals surface area contributed by atoms with Crippen LogP contribution in [-0.4, -0.2) is 22.1 Å². The zero-order valence-corrected chi connectivity index (χ0v) is 28.7. The molecule has 0 saturated heterocycles. The van der Waals surface area contributed by atoms with Crippen molar-refractivity contribution in [3.05, 3.63) is 78.0 Å². The molecule has 3 aliphatic heterocycles. The number of allylic oxidation sites excluding steroid dienone is 2. The molecule has 41 heavy (non-hydrogen) atoms. The van der Waals surface area contributed by atoms with Crippen LogP contribution in [0.15, 0.2) is 33.7 Å². The number of hydrogen-bond donors (Lipinski definition) is 4. The second-order valence-electron chi connectivity index (χ2n) is 11.3. The second-order valence-corrected chi connectivity index (χ2v) is 11.3. The number of nitrogens with one attached hydrogen (secondary N) is 4. The predicted molar refractivity (Wildman–Crippen MR) is 172 cm³/mol. The first kappa shape index (κ1) is 31.5. The third-order valence-corrected chi connectivity index (χ3v) is 9.49. The van der Waals surface area contributed by atoms with Crippen LogP contribution in [0.1, 0.15) is 115 Å². The van der Waals surface area contributed by atoms with Gasteiger partial charge in [0.25, 0.3) is 0 Å². The Morgan fingerprint density at radius 3 is 1.20 bits per heavy atom. The summed E-state index contributed by atoms with van der Waals surface area (Å²) >= 11 is 0. The van der Waals surface area contributed by atoms with Crippen molar-refractivity contribution in [1.82, 2.24) is 20.6 Å². The van der Waals surface area contributed by atoms with Gasteiger partial charge in [-0.2, -0.15) is 0 Å². The van der Waals surface area contributed by atoms with Crippen molar-refractivity contribution in [2.45, 2.75) is 119 Å². The van der Waals surface area contributed by atoms with Crippen molar-refractivity contribution in [2.75, 3.05) is 0 Å². The molecule has 0 radical (unpaired) electrons. The zero-order valence-electron chi connectivity index (χ0n) is 26.4. The summed E-state index contributed by atoms with van der Waals surface area (Å²) in [6.45, 7) is 18.4. The van der Waals surface area contributed by atoms with Crippen LogP contribution in [0.3, 0.4) is 0 Å². The second kappa shape index (κ2) is 13.2. The van der Waals surface area contributed by atoms with E-state index in [1.807, 2.05) is 0 Å². The summed E-state index contributed by atoms with van der Waals surface area (Å²) < 4.78 is 0. The molecule has 0 spiro atoms. The van der Waals surface area contributed by atoms with Crippen LogP contribution in [0.25, 0.3) is 24.3 Å². The van der Waals surface area contributed by atoms with Gasteiger partial charge in [0.1, 0.15) is 0 Å². The van der Waals surface area contributed by atoms with E-state index in [4.69, 9.17) is 0 Å². The van der Waals surface area contributed by atoms with E-state index in [1.54, 1.807) is 0 Å². The Balaban J connectivity index is 0.00000387. The first-order chi connectivity index (χ1) is 19.5. The summed E-state index contributed by atoms with van der Waals surface area (Å²) in [5.41, 5.74) is 16.9. The SMILES string of the molecule is CCC1=C(CC)C2/C=c3\[nH]/c(c(CC)c3CC)=C\C3N/C(=C\c4[nH]c(c(CC)c4CC)C=C1N2)C(CC)=C3CC.[Pt]. The molecule has 4 nitrogen and oxygen atoms in total. The minimum Gasteiger partial charge on any atom is -0.375 e. The average molecular weight is 734 g/mol. The molecule has 2 unspecified atom stereocenters. The van der Waals surface area contributed by atoms with Crippen LogP contribution in [0.5, 0.6) is 0 Å². The number of aromatic amines is 2. The fraction of sp³-hybridized carbons (Fsp3) is 0.500. The van der Waals surface area contributed by atoms with Gasteiger partial charge in [-0.25, -0.2) is 0 Å². The maximum atomic E-state index is 3.96. The summed E-state index contributed by atoms with van der Waals surface area (Å²) in [7, 11) is 0. The van der Waals surface area contributed by atoms with Gasteiger partial charge in [0, 0.05) is 54.5 Å². The molecular weight excluding hydrogens is 684 g/mol. The molecule has 5 rings (SSSR count). The van der Waals surface area contributed by atoms with E-state index in [9.17, 15) is 0 Å². The van der Waals surface area contributed by atoms with Crippen molar-refractivity contribution < 1.29 is 21.1 Å². The molecule has 4 N–H and O–H groups in total. The van der Waals surface area contributed by atoms with Gasteiger partial charge < -0.3 is 20.6 Å². The van der Waals surface area contributed by atoms with Crippen LogP contribution in [0, 0.1) is 0 Å². The Morgan fingerprint density at radius 2 is 0.878 bits per heavy atom. The van der Waals surface area contributed by atoms with Gasteiger partial charge in [-0.3, -0.25) is 0 Å². The minimum absolute atomic E-state index is 0. The third kappa shape index (κ3) is 5.42. The molecule has 2 aromatic rings. The van der Waals surface area contributed by atoms with Crippen LogP contribution in [-0.2, 0) is 46.7 Å². The van der Waals surface area contributed by atoms with E-state index in [0.717, 1.165) is 51.4 Å². The Morgan fingerprint density at radius 1 is 0.488 bits per heavy atom. The summed E-state index contributed by atoms with van der Waals surface area (Å²) in [6.07, 6.45) is 18.0. The average Bonchev–Trinajstić information content (AvgIpc) is 3.67. The van der Waals surface area contributed by atoms with Gasteiger partial charge in [-0.05, 0) is 120 Å². The molecule has 2 aromatic heterocycles. The quantitative estimate of drug-likeness (QED) is 0.244. The van der Waals surface area contributed by atoms with Crippen molar-refractivity contribution >= 4 is 24.3 Å². The van der Waals surface area contributed by atoms with E-state index in [0.29, 0.717) is 0 Å². The smallest absolute Gasteiger partial charge is 0.0687 e. The van der Waals surface area contributed by atoms with E-state index < -0.39 is 0 Å². The van der Waals surface area contributed by atoms with E-state index in [1.165, 1.54) is 78.0 Å². The van der Waals surface area contributed by atoms with Gasteiger partial charge in [0.2, 0.25) is 0 Å². The molecule has 3 aliphatic rings. The summed E-state index contributed by atoms with van der Waals surface area (Å²) in [5.74, 6) is 0. The van der Waals surface area contributed by atoms with E-state index in [2.05, 4.69) is 100 Å². The summed E-state index contributed by atoms with van der Waals surface area (Å²) in [5, 5.41) is 10.5. The Kier molecular flexibility index (Phi) is 10.2. The number of rotatable bonds is 8. The van der Waals surface area contributed by atoms with Crippen LogP contribution < -0.4 is 21.3 Å². The maximum Gasteiger partial charge on any atom is 0.0687 e. The minimum atomic E-state index is 0. The number of H-pyrrole nitrogens is 2. The number of hydrogen-bond acceptors (Lipinski definition) is 2. The molecule has 224 valence electrons. The molecule has 0 aliphatic carbocycles. The fourth-order valence-corrected chi connectivity index (χ4v) is 7.66. The fourth-order valence-electron chi connectivity index (χ4n) is 7.66. The maximum absolute atomic E-state index is 3.96. The Hall–Kier alpha value is -2.45. The van der Waals surface area contributed by atoms with Crippen LogP contribution in [0.4, 0.5) is 0 Å². The molecule has 0 fully saturated rings. The van der Waals surface area contributed by atoms with Gasteiger partial charge in [0.05, 0.1) is 12.1 Å². The predicted octanol–water partition coefficient (Wildman–Crippen LogP) is 6.72. The largest absolute Gasteiger partial charge is 0.375 e. The van der Waals surface area contributed by atoms with E-state index in [-0.39, 0.29) is 33.1 Å². The molecule has 5 heteroatoms. The molecule has 2 atom stereocenters. The molecule has 0 amide bonds. The number of fused-ring (bicyclic) bond motifs is 8. The molecule has 5 heterocycles. The topological polar surface area (TPSA) is 55.6 Å². The first-order valence-corrected chi connectivity index (χ1v) is 16.0. The molecule has 0 aromatic carbocycles. The van der Waals surface area contributed by atoms with Crippen LogP contribution in [0.2, 0.25) is 0 Å². The monoisotopic (exact) mass is 733 g/mol. The van der Waals surface area contributed by atoms with Gasteiger partial charge >= 0.3 is 0 Å². The summed E-state index contributed by atoms with van der Waals surface area (Å²) in [4.78, 5) is 7.80. The van der Waals surface area contributed by atoms with E-state index >= 15 is 0 Å². The zero-order chi connectivity index (χ0) is 28.6. The van der Waals surface area contributed by atoms with Crippen molar-refractivity contribution in [1.29, 1.82) is 0 Å². The van der Waals surface area contributed by atoms with Crippen molar-refractivity contribution in [2.24, 2.45) is 0 Å². The Bertz CT molecular complexity index is 1430. The van der Waals surface area contributed by atoms with Crippen molar-refractivity contribution in [3.8, 4) is 0 Å². The van der Waals surface area contributed by atoms with Gasteiger partial charge in [-0.1, -0.05) is 55.4 Å². The Labute approximate surface area is 261 Å². The normalized spacial score (nSPS) is 22.6. The number of aromatic nitrogens is 2. The molecule has 0 saturated carbocycles. The molecular formula is C36H50N4Pt. The van der Waals surface area contributed by atoms with Gasteiger partial charge in [0.15, 0.2) is 0 Å². The standard InChI is InChI=1S/C36H50N4.Pt/c1-9-21-22(10-2)30-18-32-25(13-5)26(14-6)34(39-32)20-36-28(16-8)27(15-7)35(40-36)19-33-24(12-4)23(11-3)31(38-33)17-29(21)37-30;/h17-20,29,35,37-40H,9-16H2,1-8H3;/b30-18-,31-17-,33-19-,36-20?;. The van der Waals surface area contributed by atoms with Crippen LogP contribution >= 0.6 is 0 Å². The van der Waals surface area contributed by atoms with Gasteiger partial charge in [-0.15, -0.1) is 0 Å². The molecule has 8 bridgehead atoms. The third-order valence-electron chi connectivity index (χ3n) is 9.49. The summed E-state index contributed by atoms with van der Waals surface area (Å²) in [6, 6.07) is 0.416. The first-order valence-electron chi connectivity index (χ1n) is 16.0.